The van der Waals surface area contributed by atoms with Gasteiger partial charge in [-0.05, 0) is 49.6 Å². The van der Waals surface area contributed by atoms with Crippen molar-refractivity contribution in [1.29, 1.82) is 0 Å². The van der Waals surface area contributed by atoms with Crippen LogP contribution in [0.2, 0.25) is 0 Å². The maximum Gasteiger partial charge on any atom is 0.191 e. The van der Waals surface area contributed by atoms with Gasteiger partial charge in [-0.15, -0.1) is 34.2 Å². The molecule has 3 rings (SSSR count). The summed E-state index contributed by atoms with van der Waals surface area (Å²) in [6.45, 7) is 1.57. The number of nitrogens with one attached hydrogen (secondary N) is 2. The molecule has 0 spiro atoms. The molecule has 0 aliphatic heterocycles. The number of hydrogen-bond acceptors (Lipinski definition) is 4. The molecule has 0 radical (unpaired) electrons. The van der Waals surface area contributed by atoms with Gasteiger partial charge in [0.1, 0.15) is 11.6 Å². The molecule has 2 N–H and O–H groups in total. The van der Waals surface area contributed by atoms with Crippen LogP contribution >= 0.6 is 35.7 Å². The average molecular weight is 546 g/mol. The maximum atomic E-state index is 13.0. The van der Waals surface area contributed by atoms with Gasteiger partial charge in [0.25, 0.3) is 0 Å². The molecule has 9 heteroatoms. The lowest BCUT2D eigenvalue weighted by molar-refractivity contribution is 0.460. The Labute approximate surface area is 199 Å². The minimum atomic E-state index is -0.201. The molecular formula is C21H32FIN6S. The Balaban J connectivity index is 0.00000320. The first-order chi connectivity index (χ1) is 14.2. The molecule has 0 unspecified atom stereocenters. The number of rotatable bonds is 9. The molecule has 1 heterocycles. The lowest BCUT2D eigenvalue weighted by Crippen LogP contribution is -2.38. The largest absolute Gasteiger partial charge is 0.356 e. The third-order valence-electron chi connectivity index (χ3n) is 5.32. The zero-order valence-corrected chi connectivity index (χ0v) is 20.9. The highest BCUT2D eigenvalue weighted by Gasteiger charge is 2.23. The second-order valence-electron chi connectivity index (χ2n) is 7.32. The van der Waals surface area contributed by atoms with E-state index in [0.29, 0.717) is 6.04 Å². The van der Waals surface area contributed by atoms with Crippen LogP contribution in [0.5, 0.6) is 0 Å². The summed E-state index contributed by atoms with van der Waals surface area (Å²) in [5.74, 6) is 1.68. The van der Waals surface area contributed by atoms with Crippen LogP contribution in [0.4, 0.5) is 4.39 Å². The molecule has 6 nitrogen and oxygen atoms in total. The van der Waals surface area contributed by atoms with E-state index < -0.39 is 0 Å². The van der Waals surface area contributed by atoms with Gasteiger partial charge in [0, 0.05) is 32.6 Å². The molecule has 166 valence electrons. The lowest BCUT2D eigenvalue weighted by Gasteiger charge is -2.16. The maximum absolute atomic E-state index is 13.0. The fourth-order valence-electron chi connectivity index (χ4n) is 3.80. The average Bonchev–Trinajstić information content (AvgIpc) is 3.40. The zero-order chi connectivity index (χ0) is 20.5. The Hall–Kier alpha value is -1.36. The second-order valence-corrected chi connectivity index (χ2v) is 8.09. The van der Waals surface area contributed by atoms with Crippen LogP contribution in [0.3, 0.4) is 0 Å². The fraction of sp³-hybridized carbons (Fsp3) is 0.571. The van der Waals surface area contributed by atoms with Gasteiger partial charge in [-0.3, -0.25) is 4.99 Å². The van der Waals surface area contributed by atoms with Crippen molar-refractivity contribution in [2.45, 2.75) is 56.1 Å². The molecule has 0 atom stereocenters. The summed E-state index contributed by atoms with van der Waals surface area (Å²) in [5, 5.41) is 16.5. The standard InChI is InChI=1S/C21H31FN6S.HI/c1-23-20(25-15-13-16-9-11-17(22)12-10-16)24-14-5-8-19-26-27-21(29-2)28(19)18-6-3-4-7-18;/h9-12,18H,3-8,13-15H2,1-2H3,(H2,23,24,25);1H. The summed E-state index contributed by atoms with van der Waals surface area (Å²) in [4.78, 5) is 4.27. The number of halogens is 2. The normalized spacial score (nSPS) is 14.6. The predicted octanol–water partition coefficient (Wildman–Crippen LogP) is 4.21. The highest BCUT2D eigenvalue weighted by Crippen LogP contribution is 2.33. The summed E-state index contributed by atoms with van der Waals surface area (Å²) in [5.41, 5.74) is 1.10. The highest BCUT2D eigenvalue weighted by molar-refractivity contribution is 14.0. The number of aliphatic imine (C=N–C) groups is 1. The Kier molecular flexibility index (Phi) is 10.9. The molecule has 30 heavy (non-hydrogen) atoms. The van der Waals surface area contributed by atoms with E-state index in [1.54, 1.807) is 18.8 Å². The summed E-state index contributed by atoms with van der Waals surface area (Å²) in [6, 6.07) is 7.19. The molecule has 0 bridgehead atoms. The van der Waals surface area contributed by atoms with Gasteiger partial charge >= 0.3 is 0 Å². The van der Waals surface area contributed by atoms with Crippen LogP contribution < -0.4 is 10.6 Å². The van der Waals surface area contributed by atoms with E-state index in [1.807, 2.05) is 12.1 Å². The van der Waals surface area contributed by atoms with E-state index in [-0.39, 0.29) is 29.8 Å². The second kappa shape index (κ2) is 13.1. The SMILES string of the molecule is CN=C(NCCCc1nnc(SC)n1C1CCCC1)NCCc1ccc(F)cc1.I. The van der Waals surface area contributed by atoms with Gasteiger partial charge in [-0.25, -0.2) is 4.39 Å². The fourth-order valence-corrected chi connectivity index (χ4v) is 4.37. The Morgan fingerprint density at radius 1 is 1.13 bits per heavy atom. The Morgan fingerprint density at radius 2 is 1.83 bits per heavy atom. The molecule has 2 aromatic rings. The number of aryl methyl sites for hydroxylation is 1. The van der Waals surface area contributed by atoms with Crippen molar-refractivity contribution in [3.8, 4) is 0 Å². The molecular weight excluding hydrogens is 514 g/mol. The van der Waals surface area contributed by atoms with Crippen LogP contribution in [-0.2, 0) is 12.8 Å². The van der Waals surface area contributed by atoms with Crippen molar-refractivity contribution in [1.82, 2.24) is 25.4 Å². The molecule has 1 aliphatic rings. The van der Waals surface area contributed by atoms with Crippen molar-refractivity contribution >= 4 is 41.7 Å². The molecule has 0 amide bonds. The highest BCUT2D eigenvalue weighted by atomic mass is 127. The van der Waals surface area contributed by atoms with Gasteiger partial charge in [-0.1, -0.05) is 36.7 Å². The van der Waals surface area contributed by atoms with Crippen LogP contribution in [0.1, 0.15) is 49.5 Å². The lowest BCUT2D eigenvalue weighted by atomic mass is 10.1. The van der Waals surface area contributed by atoms with Gasteiger partial charge in [0.05, 0.1) is 0 Å². The van der Waals surface area contributed by atoms with Crippen molar-refractivity contribution < 1.29 is 4.39 Å². The first-order valence-corrected chi connectivity index (χ1v) is 11.6. The first kappa shape index (κ1) is 24.9. The summed E-state index contributed by atoms with van der Waals surface area (Å²) < 4.78 is 15.3. The van der Waals surface area contributed by atoms with Crippen LogP contribution in [0, 0.1) is 5.82 Å². The molecule has 1 saturated carbocycles. The van der Waals surface area contributed by atoms with Crippen molar-refractivity contribution in [3.05, 3.63) is 41.5 Å². The van der Waals surface area contributed by atoms with Gasteiger partial charge in [-0.2, -0.15) is 0 Å². The number of nitrogens with zero attached hydrogens (tertiary/aromatic N) is 4. The van der Waals surface area contributed by atoms with E-state index >= 15 is 0 Å². The van der Waals surface area contributed by atoms with Crippen LogP contribution in [0.25, 0.3) is 0 Å². The van der Waals surface area contributed by atoms with E-state index in [9.17, 15) is 4.39 Å². The van der Waals surface area contributed by atoms with Crippen LogP contribution in [0.15, 0.2) is 34.4 Å². The summed E-state index contributed by atoms with van der Waals surface area (Å²) in [6.07, 6.45) is 9.85. The number of benzene rings is 1. The molecule has 1 aliphatic carbocycles. The van der Waals surface area contributed by atoms with Crippen molar-refractivity contribution in [2.24, 2.45) is 4.99 Å². The number of aromatic nitrogens is 3. The number of guanidine groups is 1. The van der Waals surface area contributed by atoms with Crippen molar-refractivity contribution in [3.63, 3.8) is 0 Å². The van der Waals surface area contributed by atoms with Gasteiger partial charge < -0.3 is 15.2 Å². The Bertz CT molecular complexity index is 789. The third-order valence-corrected chi connectivity index (χ3v) is 5.96. The van der Waals surface area contributed by atoms with Crippen molar-refractivity contribution in [2.75, 3.05) is 26.4 Å². The van der Waals surface area contributed by atoms with Gasteiger partial charge in [0.2, 0.25) is 0 Å². The van der Waals surface area contributed by atoms with E-state index in [4.69, 9.17) is 0 Å². The van der Waals surface area contributed by atoms with Crippen LogP contribution in [-0.4, -0.2) is 47.1 Å². The number of hydrogen-bond donors (Lipinski definition) is 2. The Morgan fingerprint density at radius 3 is 2.50 bits per heavy atom. The quantitative estimate of drug-likeness (QED) is 0.162. The van der Waals surface area contributed by atoms with Gasteiger partial charge in [0.15, 0.2) is 11.1 Å². The smallest absolute Gasteiger partial charge is 0.191 e. The zero-order valence-electron chi connectivity index (χ0n) is 17.7. The molecule has 1 aromatic heterocycles. The molecule has 0 saturated heterocycles. The minimum Gasteiger partial charge on any atom is -0.356 e. The summed E-state index contributed by atoms with van der Waals surface area (Å²) in [7, 11) is 1.77. The van der Waals surface area contributed by atoms with E-state index in [0.717, 1.165) is 54.9 Å². The third kappa shape index (κ3) is 7.11. The van der Waals surface area contributed by atoms with E-state index in [1.165, 1.54) is 37.8 Å². The number of thioether (sulfide) groups is 1. The first-order valence-electron chi connectivity index (χ1n) is 10.4. The topological polar surface area (TPSA) is 67.1 Å². The monoisotopic (exact) mass is 546 g/mol. The van der Waals surface area contributed by atoms with E-state index in [2.05, 4.69) is 36.6 Å². The predicted molar refractivity (Wildman–Crippen MR) is 133 cm³/mol. The molecule has 1 fully saturated rings. The molecule has 1 aromatic carbocycles. The summed E-state index contributed by atoms with van der Waals surface area (Å²) >= 11 is 1.68. The minimum absolute atomic E-state index is 0.